The second-order valence-electron chi connectivity index (χ2n) is 16.9. The Morgan fingerprint density at radius 3 is 2.38 bits per heavy atom. The van der Waals surface area contributed by atoms with Crippen LogP contribution in [0.2, 0.25) is 0 Å². The topological polar surface area (TPSA) is 82.1 Å². The number of hydrogen-bond donors (Lipinski definition) is 1. The van der Waals surface area contributed by atoms with Crippen LogP contribution in [-0.2, 0) is 30.4 Å². The van der Waals surface area contributed by atoms with E-state index in [4.69, 9.17) is 14.2 Å². The lowest BCUT2D eigenvalue weighted by molar-refractivity contribution is -0.257. The monoisotopic (exact) mass is 620 g/mol. The molecule has 6 nitrogen and oxygen atoms in total. The fraction of sp³-hybridized carbons (Fsp3) is 0.744. The molecule has 0 spiro atoms. The average Bonchev–Trinajstić information content (AvgIpc) is 2.99. The molecule has 0 radical (unpaired) electrons. The molecule has 1 heterocycles. The van der Waals surface area contributed by atoms with Crippen molar-refractivity contribution in [2.24, 2.45) is 56.7 Å². The highest BCUT2D eigenvalue weighted by Gasteiger charge is 2.71. The van der Waals surface area contributed by atoms with E-state index in [2.05, 4.69) is 54.5 Å². The van der Waals surface area contributed by atoms with E-state index in [1.54, 1.807) is 0 Å². The Morgan fingerprint density at radius 2 is 1.71 bits per heavy atom. The molecule has 0 aromatic heterocycles. The van der Waals surface area contributed by atoms with Crippen LogP contribution in [0.15, 0.2) is 42.0 Å². The third kappa shape index (κ3) is 4.70. The van der Waals surface area contributed by atoms with Crippen molar-refractivity contribution in [3.8, 4) is 0 Å². The molecule has 11 atom stereocenters. The molecule has 2 bridgehead atoms. The summed E-state index contributed by atoms with van der Waals surface area (Å²) in [5.74, 6) is 0.698. The Kier molecular flexibility index (Phi) is 8.16. The van der Waals surface area contributed by atoms with E-state index in [0.717, 1.165) is 37.7 Å². The maximum Gasteiger partial charge on any atom is 0.310 e. The molecular weight excluding hydrogens is 564 g/mol. The van der Waals surface area contributed by atoms with Crippen LogP contribution in [0.5, 0.6) is 0 Å². The molecule has 0 unspecified atom stereocenters. The van der Waals surface area contributed by atoms with Gasteiger partial charge in [-0.05, 0) is 84.0 Å². The summed E-state index contributed by atoms with van der Waals surface area (Å²) < 4.78 is 18.5. The number of ether oxygens (including phenoxy) is 3. The van der Waals surface area contributed by atoms with Gasteiger partial charge in [0.2, 0.25) is 0 Å². The van der Waals surface area contributed by atoms with E-state index in [1.165, 1.54) is 12.5 Å². The van der Waals surface area contributed by atoms with Gasteiger partial charge in [0.05, 0.1) is 25.2 Å². The zero-order valence-electron chi connectivity index (χ0n) is 28.9. The van der Waals surface area contributed by atoms with Crippen LogP contribution in [0.25, 0.3) is 0 Å². The number of hydrogen-bond acceptors (Lipinski definition) is 6. The number of aliphatic hydroxyl groups is 1. The van der Waals surface area contributed by atoms with Crippen LogP contribution in [0.3, 0.4) is 0 Å². The second-order valence-corrected chi connectivity index (χ2v) is 16.9. The summed E-state index contributed by atoms with van der Waals surface area (Å²) in [6.07, 6.45) is 6.63. The molecule has 1 N–H and O–H groups in total. The lowest BCUT2D eigenvalue weighted by Gasteiger charge is -2.71. The third-order valence-electron chi connectivity index (χ3n) is 14.6. The van der Waals surface area contributed by atoms with Crippen molar-refractivity contribution in [1.82, 2.24) is 0 Å². The van der Waals surface area contributed by atoms with Crippen LogP contribution in [0, 0.1) is 56.7 Å². The molecule has 0 amide bonds. The van der Waals surface area contributed by atoms with Crippen molar-refractivity contribution in [2.75, 3.05) is 13.2 Å². The predicted molar refractivity (Wildman–Crippen MR) is 174 cm³/mol. The van der Waals surface area contributed by atoms with Gasteiger partial charge in [-0.3, -0.25) is 9.59 Å². The minimum atomic E-state index is -0.752. The van der Waals surface area contributed by atoms with Gasteiger partial charge in [-0.2, -0.15) is 0 Å². The molecule has 5 aliphatic rings. The van der Waals surface area contributed by atoms with Gasteiger partial charge in [-0.15, -0.1) is 0 Å². The molecule has 45 heavy (non-hydrogen) atoms. The van der Waals surface area contributed by atoms with Gasteiger partial charge in [-0.1, -0.05) is 90.4 Å². The van der Waals surface area contributed by atoms with Crippen LogP contribution in [0.4, 0.5) is 0 Å². The van der Waals surface area contributed by atoms with E-state index in [1.807, 2.05) is 30.3 Å². The maximum atomic E-state index is 14.6. The molecule has 6 rings (SSSR count). The normalized spacial score (nSPS) is 44.5. The summed E-state index contributed by atoms with van der Waals surface area (Å²) in [4.78, 5) is 26.7. The fourth-order valence-electron chi connectivity index (χ4n) is 11.7. The van der Waals surface area contributed by atoms with E-state index in [-0.39, 0.29) is 51.4 Å². The molecule has 1 aromatic rings. The first-order valence-electron chi connectivity index (χ1n) is 17.5. The van der Waals surface area contributed by atoms with Gasteiger partial charge in [0.15, 0.2) is 0 Å². The minimum absolute atomic E-state index is 0.0599. The summed E-state index contributed by atoms with van der Waals surface area (Å²) in [6.45, 7) is 19.1. The van der Waals surface area contributed by atoms with E-state index < -0.39 is 17.6 Å². The van der Waals surface area contributed by atoms with Crippen molar-refractivity contribution < 1.29 is 28.9 Å². The van der Waals surface area contributed by atoms with Gasteiger partial charge >= 0.3 is 11.9 Å². The summed E-state index contributed by atoms with van der Waals surface area (Å²) in [6, 6.07) is 10.0. The first-order chi connectivity index (χ1) is 21.1. The minimum Gasteiger partial charge on any atom is -0.461 e. The highest BCUT2D eigenvalue weighted by Crippen LogP contribution is 2.75. The van der Waals surface area contributed by atoms with Gasteiger partial charge in [0.25, 0.3) is 0 Å². The van der Waals surface area contributed by atoms with Crippen LogP contribution >= 0.6 is 0 Å². The Labute approximate surface area is 270 Å². The number of esters is 2. The van der Waals surface area contributed by atoms with Gasteiger partial charge in [0, 0.05) is 17.8 Å². The molecule has 1 saturated heterocycles. The molecular formula is C39H56O6. The number of rotatable bonds is 6. The van der Waals surface area contributed by atoms with Gasteiger partial charge < -0.3 is 19.3 Å². The lowest BCUT2D eigenvalue weighted by atomic mass is 9.34. The Bertz CT molecular complexity index is 1340. The van der Waals surface area contributed by atoms with Crippen LogP contribution in [-0.4, -0.2) is 42.5 Å². The lowest BCUT2D eigenvalue weighted by Crippen LogP contribution is -2.70. The fourth-order valence-corrected chi connectivity index (χ4v) is 11.7. The molecule has 4 aliphatic carbocycles. The van der Waals surface area contributed by atoms with Crippen molar-refractivity contribution in [2.45, 2.75) is 113 Å². The highest BCUT2D eigenvalue weighted by atomic mass is 16.6. The largest absolute Gasteiger partial charge is 0.461 e. The number of benzene rings is 1. The summed E-state index contributed by atoms with van der Waals surface area (Å²) in [5.41, 5.74) is 1.07. The Balaban J connectivity index is 1.42. The van der Waals surface area contributed by atoms with Gasteiger partial charge in [-0.25, -0.2) is 0 Å². The molecule has 1 aromatic carbocycles. The summed E-state index contributed by atoms with van der Waals surface area (Å²) in [7, 11) is 0. The molecule has 1 aliphatic heterocycles. The van der Waals surface area contributed by atoms with E-state index in [9.17, 15) is 14.7 Å². The zero-order chi connectivity index (χ0) is 32.6. The van der Waals surface area contributed by atoms with Crippen molar-refractivity contribution in [3.05, 3.63) is 47.5 Å². The number of allylic oxidation sites excluding steroid dienone is 1. The number of carbonyl (C=O) groups is 2. The van der Waals surface area contributed by atoms with Crippen molar-refractivity contribution in [3.63, 3.8) is 0 Å². The molecule has 248 valence electrons. The maximum absolute atomic E-state index is 14.6. The van der Waals surface area contributed by atoms with Gasteiger partial charge in [0.1, 0.15) is 12.7 Å². The Hall–Kier alpha value is -2.18. The number of carbonyl (C=O) groups excluding carboxylic acids is 2. The summed E-state index contributed by atoms with van der Waals surface area (Å²) >= 11 is 0. The average molecular weight is 621 g/mol. The first-order valence-corrected chi connectivity index (χ1v) is 17.5. The first kappa shape index (κ1) is 32.7. The van der Waals surface area contributed by atoms with E-state index >= 15 is 0 Å². The second kappa shape index (κ2) is 11.2. The SMILES string of the molecule is CC(=O)O[C@@H]1C[C@@]23COC[C@](C)([C@@H]2CC[C@H]2C3=CC[C@@]3(C)[C@H](C(=O)OCc4ccccc4)[C@@](C)([C@H](C)C(C)C)CC[C@]23C)[C@H]1O. The standard InChI is InChI=1S/C39H56O6/c1-24(2)25(3)35(5)18-19-37(7)28-14-15-31-36(6)22-43-23-39(31,20-30(33(36)41)45-26(4)40)29(28)16-17-38(37,8)32(35)34(42)44-21-27-12-10-9-11-13-27/h9-13,16,24-25,28,30-33,41H,14-15,17-23H2,1-8H3/t25-,28+,30-,31+,32-,33+,35-,36-,37-,38+,39+/m1/s1. The molecule has 3 saturated carbocycles. The predicted octanol–water partition coefficient (Wildman–Crippen LogP) is 7.53. The van der Waals surface area contributed by atoms with Crippen LogP contribution < -0.4 is 0 Å². The summed E-state index contributed by atoms with van der Waals surface area (Å²) in [5, 5.41) is 11.6. The highest BCUT2D eigenvalue weighted by molar-refractivity contribution is 5.75. The van der Waals surface area contributed by atoms with Crippen LogP contribution in [0.1, 0.15) is 99.5 Å². The zero-order valence-corrected chi connectivity index (χ0v) is 28.9. The third-order valence-corrected chi connectivity index (χ3v) is 14.6. The number of aliphatic hydroxyl groups excluding tert-OH is 1. The molecule has 4 fully saturated rings. The van der Waals surface area contributed by atoms with Crippen molar-refractivity contribution >= 4 is 11.9 Å². The molecule has 6 heteroatoms. The van der Waals surface area contributed by atoms with E-state index in [0.29, 0.717) is 38.1 Å². The Morgan fingerprint density at radius 1 is 1.00 bits per heavy atom. The quantitative estimate of drug-likeness (QED) is 0.262. The smallest absolute Gasteiger partial charge is 0.310 e. The number of fused-ring (bicyclic) bond motifs is 3. The van der Waals surface area contributed by atoms with Crippen molar-refractivity contribution in [1.29, 1.82) is 0 Å².